The second kappa shape index (κ2) is 3.84. The van der Waals surface area contributed by atoms with Crippen molar-refractivity contribution >= 4 is 5.78 Å². The lowest BCUT2D eigenvalue weighted by molar-refractivity contribution is 0.0459. The molecule has 0 aliphatic heterocycles. The van der Waals surface area contributed by atoms with E-state index in [1.165, 1.54) is 12.7 Å². The minimum atomic E-state index is -2.21. The van der Waals surface area contributed by atoms with Gasteiger partial charge in [0.05, 0.1) is 0 Å². The third-order valence-electron chi connectivity index (χ3n) is 2.30. The minimum absolute atomic E-state index is 0.308. The van der Waals surface area contributed by atoms with Crippen molar-refractivity contribution in [1.29, 1.82) is 0 Å². The zero-order valence-corrected chi connectivity index (χ0v) is 8.67. The van der Waals surface area contributed by atoms with E-state index in [4.69, 9.17) is 0 Å². The van der Waals surface area contributed by atoms with E-state index in [9.17, 15) is 9.18 Å². The van der Waals surface area contributed by atoms with E-state index in [-0.39, 0.29) is 0 Å². The van der Waals surface area contributed by atoms with Crippen LogP contribution in [-0.2, 0) is 5.79 Å². The molecule has 0 unspecified atom stereocenters. The highest BCUT2D eigenvalue weighted by Gasteiger charge is 2.36. The van der Waals surface area contributed by atoms with Crippen LogP contribution in [0, 0.1) is 0 Å². The monoisotopic (exact) mass is 219 g/mol. The topological polar surface area (TPSA) is 47.8 Å². The number of hydrogen-bond acceptors (Lipinski definition) is 3. The van der Waals surface area contributed by atoms with Gasteiger partial charge in [-0.3, -0.25) is 4.79 Å². The lowest BCUT2D eigenvalue weighted by Gasteiger charge is -2.18. The van der Waals surface area contributed by atoms with Crippen LogP contribution >= 0.6 is 0 Å². The highest BCUT2D eigenvalue weighted by atomic mass is 19.1. The Labute approximate surface area is 91.7 Å². The summed E-state index contributed by atoms with van der Waals surface area (Å²) in [5.41, 5.74) is 0.308. The van der Waals surface area contributed by atoms with Gasteiger partial charge in [-0.25, -0.2) is 14.1 Å². The van der Waals surface area contributed by atoms with Crippen LogP contribution in [0.4, 0.5) is 4.39 Å². The highest BCUT2D eigenvalue weighted by molar-refractivity contribution is 6.00. The predicted molar refractivity (Wildman–Crippen MR) is 55.6 cm³/mol. The molecule has 0 spiro atoms. The van der Waals surface area contributed by atoms with Gasteiger partial charge < -0.3 is 0 Å². The van der Waals surface area contributed by atoms with Gasteiger partial charge in [-0.1, -0.05) is 30.3 Å². The van der Waals surface area contributed by atoms with Crippen molar-refractivity contribution < 1.29 is 9.18 Å². The van der Waals surface area contributed by atoms with Crippen molar-refractivity contribution in [2.75, 3.05) is 0 Å². The summed E-state index contributed by atoms with van der Waals surface area (Å²) in [7, 11) is 0. The molecule has 0 bridgehead atoms. The van der Waals surface area contributed by atoms with E-state index in [0.717, 1.165) is 11.6 Å². The molecule has 0 radical (unpaired) electrons. The Balaban J connectivity index is 2.36. The van der Waals surface area contributed by atoms with Gasteiger partial charge >= 0.3 is 0 Å². The second-order valence-electron chi connectivity index (χ2n) is 3.49. The Morgan fingerprint density at radius 2 is 2.06 bits per heavy atom. The van der Waals surface area contributed by atoms with Gasteiger partial charge in [0.15, 0.2) is 0 Å². The van der Waals surface area contributed by atoms with E-state index in [1.54, 1.807) is 30.3 Å². The van der Waals surface area contributed by atoms with Crippen LogP contribution < -0.4 is 0 Å². The first-order valence-corrected chi connectivity index (χ1v) is 4.76. The predicted octanol–water partition coefficient (Wildman–Crippen LogP) is 1.80. The molecule has 5 heteroatoms. The first kappa shape index (κ1) is 10.5. The highest BCUT2D eigenvalue weighted by Crippen LogP contribution is 2.21. The van der Waals surface area contributed by atoms with Gasteiger partial charge in [0.1, 0.15) is 12.7 Å². The summed E-state index contributed by atoms with van der Waals surface area (Å²) in [4.78, 5) is 15.5. The Bertz CT molecular complexity index is 479. The van der Waals surface area contributed by atoms with Crippen LogP contribution in [0.2, 0.25) is 0 Å². The van der Waals surface area contributed by atoms with Gasteiger partial charge in [-0.2, -0.15) is 5.10 Å². The van der Waals surface area contributed by atoms with Crippen molar-refractivity contribution in [2.24, 2.45) is 0 Å². The molecule has 0 saturated carbocycles. The van der Waals surface area contributed by atoms with Gasteiger partial charge in [0, 0.05) is 5.56 Å². The third kappa shape index (κ3) is 1.71. The molecule has 2 aromatic rings. The summed E-state index contributed by atoms with van der Waals surface area (Å²) in [6.07, 6.45) is 2.37. The molecule has 1 atom stereocenters. The summed E-state index contributed by atoms with van der Waals surface area (Å²) in [5, 5.41) is 3.64. The van der Waals surface area contributed by atoms with E-state index in [0.29, 0.717) is 5.56 Å². The van der Waals surface area contributed by atoms with Crippen molar-refractivity contribution in [2.45, 2.75) is 12.7 Å². The average Bonchev–Trinajstić information content (AvgIpc) is 2.83. The number of ketones is 1. The number of aromatic nitrogens is 3. The van der Waals surface area contributed by atoms with Crippen molar-refractivity contribution in [1.82, 2.24) is 14.8 Å². The SMILES string of the molecule is C[C@@](F)(C(=O)c1ccccc1)n1cncn1. The minimum Gasteiger partial charge on any atom is -0.288 e. The molecule has 0 saturated heterocycles. The molecular formula is C11H10FN3O. The van der Waals surface area contributed by atoms with Crippen molar-refractivity contribution in [3.63, 3.8) is 0 Å². The summed E-state index contributed by atoms with van der Waals surface area (Å²) in [6.45, 7) is 1.16. The van der Waals surface area contributed by atoms with E-state index in [1.807, 2.05) is 0 Å². The number of halogens is 1. The molecule has 0 aliphatic rings. The van der Waals surface area contributed by atoms with Crippen LogP contribution in [0.3, 0.4) is 0 Å². The Hall–Kier alpha value is -2.04. The molecule has 1 heterocycles. The number of nitrogens with zero attached hydrogens (tertiary/aromatic N) is 3. The van der Waals surface area contributed by atoms with Crippen LogP contribution in [-0.4, -0.2) is 20.5 Å². The maximum atomic E-state index is 14.2. The second-order valence-corrected chi connectivity index (χ2v) is 3.49. The molecular weight excluding hydrogens is 209 g/mol. The van der Waals surface area contributed by atoms with Crippen molar-refractivity contribution in [3.8, 4) is 0 Å². The zero-order chi connectivity index (χ0) is 11.6. The molecule has 82 valence electrons. The number of carbonyl (C=O) groups is 1. The maximum absolute atomic E-state index is 14.2. The van der Waals surface area contributed by atoms with Crippen molar-refractivity contribution in [3.05, 3.63) is 48.5 Å². The lowest BCUT2D eigenvalue weighted by Crippen LogP contribution is -2.34. The number of Topliss-reactive ketones (excluding diaryl/α,β-unsaturated/α-hetero) is 1. The van der Waals surface area contributed by atoms with E-state index >= 15 is 0 Å². The van der Waals surface area contributed by atoms with Crippen LogP contribution in [0.1, 0.15) is 17.3 Å². The summed E-state index contributed by atoms with van der Waals surface area (Å²) >= 11 is 0. The summed E-state index contributed by atoms with van der Waals surface area (Å²) in [5.74, 6) is -2.85. The van der Waals surface area contributed by atoms with Gasteiger partial charge in [-0.15, -0.1) is 0 Å². The zero-order valence-electron chi connectivity index (χ0n) is 8.67. The quantitative estimate of drug-likeness (QED) is 0.739. The molecule has 1 aromatic heterocycles. The normalized spacial score (nSPS) is 14.4. The molecule has 0 N–H and O–H groups in total. The first-order chi connectivity index (χ1) is 7.62. The molecule has 16 heavy (non-hydrogen) atoms. The lowest BCUT2D eigenvalue weighted by atomic mass is 10.0. The first-order valence-electron chi connectivity index (χ1n) is 4.76. The average molecular weight is 219 g/mol. The maximum Gasteiger partial charge on any atom is 0.262 e. The molecule has 1 aromatic carbocycles. The standard InChI is InChI=1S/C11H10FN3O/c1-11(12,15-8-13-7-14-15)10(16)9-5-3-2-4-6-9/h2-8H,1H3/t11-/m0/s1. The molecule has 0 amide bonds. The third-order valence-corrected chi connectivity index (χ3v) is 2.30. The van der Waals surface area contributed by atoms with Gasteiger partial charge in [-0.05, 0) is 6.92 Å². The van der Waals surface area contributed by atoms with Crippen LogP contribution in [0.25, 0.3) is 0 Å². The number of benzene rings is 1. The Morgan fingerprint density at radius 3 is 2.62 bits per heavy atom. The van der Waals surface area contributed by atoms with Crippen LogP contribution in [0.5, 0.6) is 0 Å². The largest absolute Gasteiger partial charge is 0.288 e. The van der Waals surface area contributed by atoms with Gasteiger partial charge in [0.2, 0.25) is 5.78 Å². The van der Waals surface area contributed by atoms with Crippen LogP contribution in [0.15, 0.2) is 43.0 Å². The number of hydrogen-bond donors (Lipinski definition) is 0. The number of rotatable bonds is 3. The fourth-order valence-electron chi connectivity index (χ4n) is 1.38. The molecule has 2 rings (SSSR count). The molecule has 0 aliphatic carbocycles. The van der Waals surface area contributed by atoms with Gasteiger partial charge in [0.25, 0.3) is 5.79 Å². The smallest absolute Gasteiger partial charge is 0.262 e. The fraction of sp³-hybridized carbons (Fsp3) is 0.182. The fourth-order valence-corrected chi connectivity index (χ4v) is 1.38. The van der Waals surface area contributed by atoms with E-state index < -0.39 is 11.6 Å². The Kier molecular flexibility index (Phi) is 2.52. The number of alkyl halides is 1. The summed E-state index contributed by atoms with van der Waals surface area (Å²) < 4.78 is 15.2. The molecule has 0 fully saturated rings. The summed E-state index contributed by atoms with van der Waals surface area (Å²) in [6, 6.07) is 8.27. The molecule has 4 nitrogen and oxygen atoms in total. The van der Waals surface area contributed by atoms with E-state index in [2.05, 4.69) is 10.1 Å². The Morgan fingerprint density at radius 1 is 1.38 bits per heavy atom. The number of carbonyl (C=O) groups excluding carboxylic acids is 1.